The molecule has 118 valence electrons. The molecule has 5 nitrogen and oxygen atoms in total. The second kappa shape index (κ2) is 7.42. The van der Waals surface area contributed by atoms with Crippen LogP contribution in [-0.4, -0.2) is 58.1 Å². The maximum absolute atomic E-state index is 6.38. The third-order valence-corrected chi connectivity index (χ3v) is 4.41. The minimum atomic E-state index is -0.0218. The summed E-state index contributed by atoms with van der Waals surface area (Å²) in [5, 5.41) is 0.666. The second-order valence-electron chi connectivity index (χ2n) is 5.11. The summed E-state index contributed by atoms with van der Waals surface area (Å²) < 4.78 is 16.4. The zero-order valence-electron chi connectivity index (χ0n) is 12.7. The van der Waals surface area contributed by atoms with Gasteiger partial charge < -0.3 is 19.9 Å². The van der Waals surface area contributed by atoms with E-state index in [9.17, 15) is 0 Å². The highest BCUT2D eigenvalue weighted by Crippen LogP contribution is 2.36. The lowest BCUT2D eigenvalue weighted by atomic mass is 10.0. The van der Waals surface area contributed by atoms with Crippen LogP contribution in [0.4, 0.5) is 0 Å². The van der Waals surface area contributed by atoms with Gasteiger partial charge in [-0.1, -0.05) is 17.7 Å². The van der Waals surface area contributed by atoms with Gasteiger partial charge in [-0.15, -0.1) is 0 Å². The molecule has 1 heterocycles. The largest absolute Gasteiger partial charge is 0.496 e. The van der Waals surface area contributed by atoms with Gasteiger partial charge in [0, 0.05) is 44.4 Å². The van der Waals surface area contributed by atoms with Crippen LogP contribution in [0, 0.1) is 0 Å². The summed E-state index contributed by atoms with van der Waals surface area (Å²) in [5.74, 6) is 0.757. The average molecular weight is 315 g/mol. The molecule has 1 aromatic carbocycles. The van der Waals surface area contributed by atoms with Crippen LogP contribution in [0.5, 0.6) is 5.75 Å². The van der Waals surface area contributed by atoms with Crippen molar-refractivity contribution in [3.8, 4) is 5.75 Å². The van der Waals surface area contributed by atoms with Gasteiger partial charge in [0.05, 0.1) is 25.4 Å². The fraction of sp³-hybridized carbons (Fsp3) is 0.600. The van der Waals surface area contributed by atoms with Crippen molar-refractivity contribution >= 4 is 11.6 Å². The molecule has 0 saturated carbocycles. The number of benzene rings is 1. The van der Waals surface area contributed by atoms with Crippen molar-refractivity contribution in [1.82, 2.24) is 4.90 Å². The number of nitrogens with two attached hydrogens (primary N) is 1. The number of rotatable bonds is 6. The zero-order chi connectivity index (χ0) is 15.4. The van der Waals surface area contributed by atoms with E-state index in [-0.39, 0.29) is 18.2 Å². The summed E-state index contributed by atoms with van der Waals surface area (Å²) >= 11 is 6.38. The highest BCUT2D eigenvalue weighted by atomic mass is 35.5. The Balaban J connectivity index is 2.29. The normalized spacial score (nSPS) is 24.2. The predicted molar refractivity (Wildman–Crippen MR) is 83.0 cm³/mol. The number of hydrogen-bond acceptors (Lipinski definition) is 5. The first kappa shape index (κ1) is 16.5. The van der Waals surface area contributed by atoms with Gasteiger partial charge in [0.25, 0.3) is 0 Å². The van der Waals surface area contributed by atoms with E-state index in [1.165, 1.54) is 0 Å². The lowest BCUT2D eigenvalue weighted by Gasteiger charge is -2.28. The predicted octanol–water partition coefficient (Wildman–Crippen LogP) is 1.69. The summed E-state index contributed by atoms with van der Waals surface area (Å²) in [6, 6.07) is 5.62. The molecule has 3 atom stereocenters. The van der Waals surface area contributed by atoms with E-state index >= 15 is 0 Å². The lowest BCUT2D eigenvalue weighted by molar-refractivity contribution is -0.00461. The van der Waals surface area contributed by atoms with Gasteiger partial charge in [-0.2, -0.15) is 0 Å². The number of hydrogen-bond donors (Lipinski definition) is 1. The Morgan fingerprint density at radius 3 is 2.33 bits per heavy atom. The minimum absolute atomic E-state index is 0.0218. The van der Waals surface area contributed by atoms with E-state index in [0.29, 0.717) is 11.6 Å². The molecule has 0 bridgehead atoms. The van der Waals surface area contributed by atoms with Gasteiger partial charge in [-0.25, -0.2) is 0 Å². The molecular weight excluding hydrogens is 292 g/mol. The first-order valence-corrected chi connectivity index (χ1v) is 7.36. The molecular formula is C15H23ClN2O3. The third kappa shape index (κ3) is 3.33. The van der Waals surface area contributed by atoms with Crippen LogP contribution in [0.25, 0.3) is 0 Å². The van der Waals surface area contributed by atoms with Crippen molar-refractivity contribution in [3.63, 3.8) is 0 Å². The summed E-state index contributed by atoms with van der Waals surface area (Å²) in [7, 11) is 5.05. The first-order chi connectivity index (χ1) is 10.2. The number of nitrogens with zero attached hydrogens (tertiary/aromatic N) is 1. The molecule has 1 fully saturated rings. The zero-order valence-corrected chi connectivity index (χ0v) is 13.5. The second-order valence-corrected chi connectivity index (χ2v) is 5.52. The topological polar surface area (TPSA) is 57.0 Å². The molecule has 1 saturated heterocycles. The minimum Gasteiger partial charge on any atom is -0.496 e. The van der Waals surface area contributed by atoms with E-state index in [1.807, 2.05) is 18.2 Å². The lowest BCUT2D eigenvalue weighted by Crippen LogP contribution is -2.33. The fourth-order valence-electron chi connectivity index (χ4n) is 2.95. The SMILES string of the molecule is COc1cccc(Cl)c1C(CN)N1CC(OC)C(OC)C1. The molecule has 0 amide bonds. The molecule has 0 radical (unpaired) electrons. The van der Waals surface area contributed by atoms with E-state index in [1.54, 1.807) is 21.3 Å². The van der Waals surface area contributed by atoms with E-state index in [2.05, 4.69) is 4.90 Å². The van der Waals surface area contributed by atoms with Crippen molar-refractivity contribution in [2.75, 3.05) is 41.0 Å². The standard InChI is InChI=1S/C15H23ClN2O3/c1-19-12-6-4-5-10(16)15(12)11(7-17)18-8-13(20-2)14(9-18)21-3/h4-6,11,13-14H,7-9,17H2,1-3H3. The monoisotopic (exact) mass is 314 g/mol. The van der Waals surface area contributed by atoms with Crippen molar-refractivity contribution in [2.45, 2.75) is 18.2 Å². The van der Waals surface area contributed by atoms with Gasteiger partial charge in [-0.05, 0) is 12.1 Å². The molecule has 3 unspecified atom stereocenters. The Morgan fingerprint density at radius 1 is 1.24 bits per heavy atom. The Labute approximate surface area is 130 Å². The summed E-state index contributed by atoms with van der Waals surface area (Å²) in [6.45, 7) is 1.96. The molecule has 1 aliphatic heterocycles. The first-order valence-electron chi connectivity index (χ1n) is 6.98. The van der Waals surface area contributed by atoms with Crippen molar-refractivity contribution < 1.29 is 14.2 Å². The van der Waals surface area contributed by atoms with Crippen LogP contribution >= 0.6 is 11.6 Å². The van der Waals surface area contributed by atoms with Crippen molar-refractivity contribution in [2.24, 2.45) is 5.73 Å². The van der Waals surface area contributed by atoms with Crippen LogP contribution in [-0.2, 0) is 9.47 Å². The molecule has 2 rings (SSSR count). The maximum atomic E-state index is 6.38. The summed E-state index contributed by atoms with van der Waals surface area (Å²) in [5.41, 5.74) is 6.94. The van der Waals surface area contributed by atoms with E-state index in [4.69, 9.17) is 31.5 Å². The van der Waals surface area contributed by atoms with Gasteiger partial charge in [0.2, 0.25) is 0 Å². The van der Waals surface area contributed by atoms with Crippen LogP contribution in [0.2, 0.25) is 5.02 Å². The number of likely N-dealkylation sites (tertiary alicyclic amines) is 1. The Morgan fingerprint density at radius 2 is 1.86 bits per heavy atom. The number of halogens is 1. The summed E-state index contributed by atoms with van der Waals surface area (Å²) in [6.07, 6.45) is 0.0788. The van der Waals surface area contributed by atoms with Crippen LogP contribution in [0.1, 0.15) is 11.6 Å². The molecule has 0 spiro atoms. The van der Waals surface area contributed by atoms with Gasteiger partial charge in [-0.3, -0.25) is 4.90 Å². The van der Waals surface area contributed by atoms with Gasteiger partial charge in [0.15, 0.2) is 0 Å². The van der Waals surface area contributed by atoms with Crippen LogP contribution in [0.3, 0.4) is 0 Å². The highest BCUT2D eigenvalue weighted by Gasteiger charge is 2.37. The molecule has 0 aromatic heterocycles. The van der Waals surface area contributed by atoms with Crippen LogP contribution in [0.15, 0.2) is 18.2 Å². The molecule has 1 aliphatic rings. The Bertz CT molecular complexity index is 460. The average Bonchev–Trinajstić information content (AvgIpc) is 2.92. The smallest absolute Gasteiger partial charge is 0.125 e. The Hall–Kier alpha value is -0.850. The molecule has 21 heavy (non-hydrogen) atoms. The van der Waals surface area contributed by atoms with Gasteiger partial charge in [0.1, 0.15) is 5.75 Å². The maximum Gasteiger partial charge on any atom is 0.125 e. The highest BCUT2D eigenvalue weighted by molar-refractivity contribution is 6.31. The summed E-state index contributed by atoms with van der Waals surface area (Å²) in [4.78, 5) is 2.24. The van der Waals surface area contributed by atoms with Crippen molar-refractivity contribution in [1.29, 1.82) is 0 Å². The third-order valence-electron chi connectivity index (χ3n) is 4.08. The Kier molecular flexibility index (Phi) is 5.84. The molecule has 1 aromatic rings. The fourth-order valence-corrected chi connectivity index (χ4v) is 3.24. The van der Waals surface area contributed by atoms with Crippen LogP contribution < -0.4 is 10.5 Å². The van der Waals surface area contributed by atoms with E-state index < -0.39 is 0 Å². The molecule has 0 aliphatic carbocycles. The molecule has 6 heteroatoms. The molecule has 2 N–H and O–H groups in total. The number of methoxy groups -OCH3 is 3. The number of ether oxygens (including phenoxy) is 3. The quantitative estimate of drug-likeness (QED) is 0.866. The van der Waals surface area contributed by atoms with Crippen molar-refractivity contribution in [3.05, 3.63) is 28.8 Å². The van der Waals surface area contributed by atoms with Gasteiger partial charge >= 0.3 is 0 Å². The van der Waals surface area contributed by atoms with E-state index in [0.717, 1.165) is 24.4 Å².